The SMILES string of the molecule is Cc1nc(SCC(=O)N(C)Cc2c(F)cccc2Cl)n(C2CCCC2)c1C. The predicted octanol–water partition coefficient (Wildman–Crippen LogP) is 5.16. The lowest BCUT2D eigenvalue weighted by atomic mass is 10.2. The molecule has 0 spiro atoms. The summed E-state index contributed by atoms with van der Waals surface area (Å²) >= 11 is 7.53. The van der Waals surface area contributed by atoms with Gasteiger partial charge in [-0.05, 0) is 38.8 Å². The van der Waals surface area contributed by atoms with Crippen LogP contribution in [0.4, 0.5) is 4.39 Å². The Bertz CT molecular complexity index is 813. The molecule has 1 aliphatic carbocycles. The van der Waals surface area contributed by atoms with E-state index < -0.39 is 5.82 Å². The molecule has 1 saturated carbocycles. The van der Waals surface area contributed by atoms with E-state index in [2.05, 4.69) is 16.5 Å². The van der Waals surface area contributed by atoms with E-state index >= 15 is 0 Å². The molecule has 2 aromatic rings. The largest absolute Gasteiger partial charge is 0.341 e. The molecule has 0 unspecified atom stereocenters. The molecule has 146 valence electrons. The molecule has 27 heavy (non-hydrogen) atoms. The van der Waals surface area contributed by atoms with E-state index in [-0.39, 0.29) is 18.2 Å². The smallest absolute Gasteiger partial charge is 0.233 e. The number of rotatable bonds is 6. The molecule has 7 heteroatoms. The van der Waals surface area contributed by atoms with Crippen molar-refractivity contribution in [2.45, 2.75) is 57.3 Å². The van der Waals surface area contributed by atoms with Crippen LogP contribution in [0.3, 0.4) is 0 Å². The number of aryl methyl sites for hydroxylation is 1. The fraction of sp³-hybridized carbons (Fsp3) is 0.500. The van der Waals surface area contributed by atoms with Gasteiger partial charge in [-0.3, -0.25) is 4.79 Å². The molecule has 4 nitrogen and oxygen atoms in total. The molecular weight excluding hydrogens is 385 g/mol. The lowest BCUT2D eigenvalue weighted by Gasteiger charge is -2.19. The molecule has 1 fully saturated rings. The van der Waals surface area contributed by atoms with Gasteiger partial charge in [-0.15, -0.1) is 0 Å². The maximum atomic E-state index is 14.0. The number of thioether (sulfide) groups is 1. The topological polar surface area (TPSA) is 38.1 Å². The first-order valence-electron chi connectivity index (χ1n) is 9.23. The summed E-state index contributed by atoms with van der Waals surface area (Å²) < 4.78 is 16.3. The number of benzene rings is 1. The van der Waals surface area contributed by atoms with E-state index in [1.54, 1.807) is 19.2 Å². The van der Waals surface area contributed by atoms with Gasteiger partial charge in [0.2, 0.25) is 5.91 Å². The Kier molecular flexibility index (Phi) is 6.48. The van der Waals surface area contributed by atoms with Crippen molar-refractivity contribution in [3.63, 3.8) is 0 Å². The molecule has 0 bridgehead atoms. The van der Waals surface area contributed by atoms with Crippen molar-refractivity contribution in [1.82, 2.24) is 14.5 Å². The summed E-state index contributed by atoms with van der Waals surface area (Å²) in [5.74, 6) is -0.195. The zero-order valence-corrected chi connectivity index (χ0v) is 17.5. The average Bonchev–Trinajstić information content (AvgIpc) is 3.24. The molecule has 0 aliphatic heterocycles. The van der Waals surface area contributed by atoms with Crippen LogP contribution in [0, 0.1) is 19.7 Å². The monoisotopic (exact) mass is 409 g/mol. The first-order chi connectivity index (χ1) is 12.9. The second-order valence-corrected chi connectivity index (χ2v) is 8.46. The fourth-order valence-electron chi connectivity index (χ4n) is 3.54. The molecule has 3 rings (SSSR count). The van der Waals surface area contributed by atoms with Gasteiger partial charge in [0, 0.05) is 35.9 Å². The Morgan fingerprint density at radius 1 is 1.37 bits per heavy atom. The highest BCUT2D eigenvalue weighted by Gasteiger charge is 2.24. The minimum atomic E-state index is -0.391. The maximum absolute atomic E-state index is 14.0. The zero-order chi connectivity index (χ0) is 19.6. The van der Waals surface area contributed by atoms with Gasteiger partial charge in [0.15, 0.2) is 5.16 Å². The highest BCUT2D eigenvalue weighted by atomic mass is 35.5. The quantitative estimate of drug-likeness (QED) is 0.618. The molecule has 1 aromatic carbocycles. The number of aromatic nitrogens is 2. The Morgan fingerprint density at radius 2 is 2.07 bits per heavy atom. The zero-order valence-electron chi connectivity index (χ0n) is 16.0. The van der Waals surface area contributed by atoms with Gasteiger partial charge in [-0.2, -0.15) is 0 Å². The number of amides is 1. The van der Waals surface area contributed by atoms with Gasteiger partial charge in [-0.1, -0.05) is 42.3 Å². The summed E-state index contributed by atoms with van der Waals surface area (Å²) in [6, 6.07) is 5.04. The van der Waals surface area contributed by atoms with Gasteiger partial charge in [0.05, 0.1) is 11.4 Å². The van der Waals surface area contributed by atoms with Gasteiger partial charge in [0.25, 0.3) is 0 Å². The van der Waals surface area contributed by atoms with Gasteiger partial charge >= 0.3 is 0 Å². The van der Waals surface area contributed by atoms with Crippen molar-refractivity contribution < 1.29 is 9.18 Å². The van der Waals surface area contributed by atoms with E-state index in [9.17, 15) is 9.18 Å². The van der Waals surface area contributed by atoms with Crippen LogP contribution >= 0.6 is 23.4 Å². The van der Waals surface area contributed by atoms with Crippen LogP contribution in [0.2, 0.25) is 5.02 Å². The number of carbonyl (C=O) groups is 1. The highest BCUT2D eigenvalue weighted by Crippen LogP contribution is 2.35. The molecule has 1 amide bonds. The number of imidazole rings is 1. The van der Waals surface area contributed by atoms with Crippen LogP contribution in [0.5, 0.6) is 0 Å². The van der Waals surface area contributed by atoms with Crippen molar-refractivity contribution >= 4 is 29.3 Å². The Morgan fingerprint density at radius 3 is 2.74 bits per heavy atom. The number of halogens is 2. The fourth-order valence-corrected chi connectivity index (χ4v) is 4.86. The van der Waals surface area contributed by atoms with Crippen LogP contribution in [-0.2, 0) is 11.3 Å². The third-order valence-electron chi connectivity index (χ3n) is 5.25. The predicted molar refractivity (Wildman–Crippen MR) is 108 cm³/mol. The van der Waals surface area contributed by atoms with Crippen LogP contribution in [0.15, 0.2) is 23.4 Å². The third kappa shape index (κ3) is 4.49. The van der Waals surface area contributed by atoms with Gasteiger partial charge in [-0.25, -0.2) is 9.37 Å². The van der Waals surface area contributed by atoms with Crippen LogP contribution in [0.1, 0.15) is 48.7 Å². The summed E-state index contributed by atoms with van der Waals surface area (Å²) in [6.07, 6.45) is 4.83. The van der Waals surface area contributed by atoms with E-state index in [1.807, 2.05) is 6.92 Å². The Hall–Kier alpha value is -1.53. The molecule has 0 N–H and O–H groups in total. The lowest BCUT2D eigenvalue weighted by Crippen LogP contribution is -2.28. The lowest BCUT2D eigenvalue weighted by molar-refractivity contribution is -0.127. The third-order valence-corrected chi connectivity index (χ3v) is 6.54. The summed E-state index contributed by atoms with van der Waals surface area (Å²) in [5.41, 5.74) is 2.55. The number of nitrogens with zero attached hydrogens (tertiary/aromatic N) is 3. The normalized spacial score (nSPS) is 14.7. The van der Waals surface area contributed by atoms with Crippen molar-refractivity contribution in [3.8, 4) is 0 Å². The van der Waals surface area contributed by atoms with Crippen molar-refractivity contribution in [2.75, 3.05) is 12.8 Å². The van der Waals surface area contributed by atoms with Crippen molar-refractivity contribution in [3.05, 3.63) is 46.0 Å². The first kappa shape index (κ1) is 20.2. The Balaban J connectivity index is 1.66. The Labute approximate surface area is 169 Å². The van der Waals surface area contributed by atoms with E-state index in [0.29, 0.717) is 16.6 Å². The van der Waals surface area contributed by atoms with E-state index in [0.717, 1.165) is 10.9 Å². The highest BCUT2D eigenvalue weighted by molar-refractivity contribution is 7.99. The molecule has 0 radical (unpaired) electrons. The van der Waals surface area contributed by atoms with Crippen molar-refractivity contribution in [1.29, 1.82) is 0 Å². The summed E-state index contributed by atoms with van der Waals surface area (Å²) in [4.78, 5) is 18.8. The van der Waals surface area contributed by atoms with E-state index in [1.165, 1.54) is 54.1 Å². The summed E-state index contributed by atoms with van der Waals surface area (Å²) in [5, 5.41) is 1.24. The van der Waals surface area contributed by atoms with Crippen LogP contribution < -0.4 is 0 Å². The van der Waals surface area contributed by atoms with Crippen molar-refractivity contribution in [2.24, 2.45) is 0 Å². The van der Waals surface area contributed by atoms with Crippen LogP contribution in [-0.4, -0.2) is 33.2 Å². The number of hydrogen-bond acceptors (Lipinski definition) is 3. The number of hydrogen-bond donors (Lipinski definition) is 0. The standard InChI is InChI=1S/C20H25ClFN3OS/c1-13-14(2)25(15-7-4-5-8-15)20(23-13)27-12-19(26)24(3)11-16-17(21)9-6-10-18(16)22/h6,9-10,15H,4-5,7-8,11-12H2,1-3H3. The molecule has 0 saturated heterocycles. The van der Waals surface area contributed by atoms with Gasteiger partial charge < -0.3 is 9.47 Å². The minimum absolute atomic E-state index is 0.0735. The molecule has 1 heterocycles. The van der Waals surface area contributed by atoms with E-state index in [4.69, 9.17) is 11.6 Å². The minimum Gasteiger partial charge on any atom is -0.341 e. The second kappa shape index (κ2) is 8.65. The summed E-state index contributed by atoms with van der Waals surface area (Å²) in [7, 11) is 1.67. The maximum Gasteiger partial charge on any atom is 0.233 e. The molecule has 1 aromatic heterocycles. The molecule has 1 aliphatic rings. The summed E-state index contributed by atoms with van der Waals surface area (Å²) in [6.45, 7) is 4.26. The number of carbonyl (C=O) groups excluding carboxylic acids is 1. The first-order valence-corrected chi connectivity index (χ1v) is 10.6. The average molecular weight is 410 g/mol. The molecule has 0 atom stereocenters. The van der Waals surface area contributed by atoms with Crippen LogP contribution in [0.25, 0.3) is 0 Å². The second-order valence-electron chi connectivity index (χ2n) is 7.11. The molecular formula is C20H25ClFN3OS. The van der Waals surface area contributed by atoms with Gasteiger partial charge in [0.1, 0.15) is 5.82 Å².